The largest absolute Gasteiger partial charge is 0.343 e. The molecule has 5 nitrogen and oxygen atoms in total. The van der Waals surface area contributed by atoms with Crippen LogP contribution in [0.15, 0.2) is 0 Å². The summed E-state index contributed by atoms with van der Waals surface area (Å²) in [6, 6.07) is -0.589. The van der Waals surface area contributed by atoms with E-state index in [-0.39, 0.29) is 23.9 Å². The van der Waals surface area contributed by atoms with E-state index in [1.165, 1.54) is 19.3 Å². The minimum atomic E-state index is -0.327. The van der Waals surface area contributed by atoms with Gasteiger partial charge in [-0.25, -0.2) is 0 Å². The highest BCUT2D eigenvalue weighted by Gasteiger charge is 2.35. The van der Waals surface area contributed by atoms with Crippen LogP contribution < -0.4 is 10.6 Å². The van der Waals surface area contributed by atoms with Gasteiger partial charge in [-0.2, -0.15) is 0 Å². The predicted octanol–water partition coefficient (Wildman–Crippen LogP) is 1.28. The van der Waals surface area contributed by atoms with Crippen molar-refractivity contribution in [3.8, 4) is 0 Å². The molecule has 5 heteroatoms. The molecular weight excluding hydrogens is 266 g/mol. The lowest BCUT2D eigenvalue weighted by Gasteiger charge is -2.33. The van der Waals surface area contributed by atoms with Crippen LogP contribution in [0.4, 0.5) is 0 Å². The van der Waals surface area contributed by atoms with Gasteiger partial charge in [-0.15, -0.1) is 0 Å². The summed E-state index contributed by atoms with van der Waals surface area (Å²) < 4.78 is 0. The Morgan fingerprint density at radius 2 is 1.67 bits per heavy atom. The number of nitrogens with one attached hydrogen (secondary N) is 2. The van der Waals surface area contributed by atoms with Gasteiger partial charge in [0.15, 0.2) is 0 Å². The van der Waals surface area contributed by atoms with E-state index in [0.29, 0.717) is 5.92 Å². The zero-order valence-electron chi connectivity index (χ0n) is 13.4. The van der Waals surface area contributed by atoms with Crippen molar-refractivity contribution < 1.29 is 9.59 Å². The Morgan fingerprint density at radius 3 is 2.24 bits per heavy atom. The second-order valence-electron chi connectivity index (χ2n) is 6.43. The van der Waals surface area contributed by atoms with Crippen LogP contribution in [0.5, 0.6) is 0 Å². The molecule has 2 atom stereocenters. The number of hydrogen-bond acceptors (Lipinski definition) is 3. The maximum Gasteiger partial charge on any atom is 0.245 e. The molecule has 0 radical (unpaired) electrons. The van der Waals surface area contributed by atoms with Crippen LogP contribution >= 0.6 is 0 Å². The topological polar surface area (TPSA) is 61.4 Å². The van der Waals surface area contributed by atoms with Gasteiger partial charge in [0.2, 0.25) is 11.8 Å². The highest BCUT2D eigenvalue weighted by atomic mass is 16.2. The maximum absolute atomic E-state index is 12.8. The van der Waals surface area contributed by atoms with E-state index < -0.39 is 0 Å². The molecule has 0 aromatic carbocycles. The normalized spacial score (nSPS) is 22.9. The second kappa shape index (κ2) is 7.78. The lowest BCUT2D eigenvalue weighted by Crippen LogP contribution is -2.55. The highest BCUT2D eigenvalue weighted by molar-refractivity contribution is 5.90. The standard InChI is InChI=1S/C16H29N3O2/c1-12(17-2)15(20)18-14(13-8-4-3-5-9-13)16(21)19-10-6-7-11-19/h12-14,17H,3-11H2,1-2H3,(H,18,20)/t12?,14-/m0/s1. The molecule has 1 saturated carbocycles. The Kier molecular flexibility index (Phi) is 6.03. The molecule has 1 aliphatic heterocycles. The van der Waals surface area contributed by atoms with Gasteiger partial charge < -0.3 is 15.5 Å². The van der Waals surface area contributed by atoms with Gasteiger partial charge in [0.1, 0.15) is 6.04 Å². The Bertz CT molecular complexity index is 361. The molecule has 21 heavy (non-hydrogen) atoms. The van der Waals surface area contributed by atoms with E-state index in [4.69, 9.17) is 0 Å². The molecule has 1 saturated heterocycles. The van der Waals surface area contributed by atoms with Crippen molar-refractivity contribution >= 4 is 11.8 Å². The van der Waals surface area contributed by atoms with E-state index in [2.05, 4.69) is 10.6 Å². The SMILES string of the molecule is CNC(C)C(=O)N[C@H](C(=O)N1CCCC1)C1CCCCC1. The molecule has 0 aromatic rings. The first kappa shape index (κ1) is 16.3. The Morgan fingerprint density at radius 1 is 1.05 bits per heavy atom. The van der Waals surface area contributed by atoms with Gasteiger partial charge in [-0.05, 0) is 45.6 Å². The van der Waals surface area contributed by atoms with Crippen molar-refractivity contribution in [2.75, 3.05) is 20.1 Å². The van der Waals surface area contributed by atoms with Crippen LogP contribution in [0.1, 0.15) is 51.9 Å². The predicted molar refractivity (Wildman–Crippen MR) is 82.8 cm³/mol. The first-order chi connectivity index (χ1) is 10.1. The Labute approximate surface area is 127 Å². The molecule has 1 aliphatic carbocycles. The molecule has 2 aliphatic rings. The molecule has 1 unspecified atom stereocenters. The molecule has 0 bridgehead atoms. The first-order valence-electron chi connectivity index (χ1n) is 8.40. The summed E-state index contributed by atoms with van der Waals surface area (Å²) in [5.74, 6) is 0.372. The van der Waals surface area contributed by atoms with Gasteiger partial charge in [0.05, 0.1) is 6.04 Å². The summed E-state index contributed by atoms with van der Waals surface area (Å²) in [6.07, 6.45) is 7.88. The fourth-order valence-corrected chi connectivity index (χ4v) is 3.39. The van der Waals surface area contributed by atoms with Crippen LogP contribution in [0.25, 0.3) is 0 Å². The lowest BCUT2D eigenvalue weighted by molar-refractivity contribution is -0.137. The van der Waals surface area contributed by atoms with Gasteiger partial charge >= 0.3 is 0 Å². The summed E-state index contributed by atoms with van der Waals surface area (Å²) in [5.41, 5.74) is 0. The summed E-state index contributed by atoms with van der Waals surface area (Å²) >= 11 is 0. The monoisotopic (exact) mass is 295 g/mol. The van der Waals surface area contributed by atoms with E-state index in [0.717, 1.165) is 38.8 Å². The number of nitrogens with zero attached hydrogens (tertiary/aromatic N) is 1. The smallest absolute Gasteiger partial charge is 0.245 e. The number of amides is 2. The van der Waals surface area contributed by atoms with Gasteiger partial charge in [-0.3, -0.25) is 9.59 Å². The molecule has 1 heterocycles. The summed E-state index contributed by atoms with van der Waals surface area (Å²) in [6.45, 7) is 3.52. The average molecular weight is 295 g/mol. The van der Waals surface area contributed by atoms with Gasteiger partial charge in [0, 0.05) is 13.1 Å². The van der Waals surface area contributed by atoms with Crippen molar-refractivity contribution in [2.45, 2.75) is 64.0 Å². The van der Waals surface area contributed by atoms with Crippen molar-refractivity contribution in [3.63, 3.8) is 0 Å². The van der Waals surface area contributed by atoms with Crippen molar-refractivity contribution in [2.24, 2.45) is 5.92 Å². The van der Waals surface area contributed by atoms with Crippen LogP contribution in [0.2, 0.25) is 0 Å². The van der Waals surface area contributed by atoms with Gasteiger partial charge in [0.25, 0.3) is 0 Å². The summed E-state index contributed by atoms with van der Waals surface area (Å²) in [7, 11) is 1.77. The van der Waals surface area contributed by atoms with Crippen LogP contribution in [-0.4, -0.2) is 48.9 Å². The van der Waals surface area contributed by atoms with Crippen molar-refractivity contribution in [3.05, 3.63) is 0 Å². The molecule has 2 N–H and O–H groups in total. The molecular formula is C16H29N3O2. The minimum Gasteiger partial charge on any atom is -0.343 e. The molecule has 2 amide bonds. The summed E-state index contributed by atoms with van der Waals surface area (Å²) in [4.78, 5) is 26.9. The quantitative estimate of drug-likeness (QED) is 0.803. The molecule has 0 aromatic heterocycles. The van der Waals surface area contributed by atoms with E-state index >= 15 is 0 Å². The Balaban J connectivity index is 2.05. The third kappa shape index (κ3) is 4.19. The number of rotatable bonds is 5. The van der Waals surface area contributed by atoms with E-state index in [9.17, 15) is 9.59 Å². The van der Waals surface area contributed by atoms with Crippen LogP contribution in [0.3, 0.4) is 0 Å². The zero-order chi connectivity index (χ0) is 15.2. The third-order valence-corrected chi connectivity index (χ3v) is 4.93. The second-order valence-corrected chi connectivity index (χ2v) is 6.43. The first-order valence-corrected chi connectivity index (χ1v) is 8.40. The molecule has 2 fully saturated rings. The summed E-state index contributed by atoms with van der Waals surface area (Å²) in [5, 5.41) is 5.97. The number of carbonyl (C=O) groups is 2. The van der Waals surface area contributed by atoms with Crippen LogP contribution in [-0.2, 0) is 9.59 Å². The Hall–Kier alpha value is -1.10. The van der Waals surface area contributed by atoms with E-state index in [1.54, 1.807) is 7.05 Å². The maximum atomic E-state index is 12.8. The molecule has 120 valence electrons. The van der Waals surface area contributed by atoms with Crippen molar-refractivity contribution in [1.29, 1.82) is 0 Å². The van der Waals surface area contributed by atoms with E-state index in [1.807, 2.05) is 11.8 Å². The van der Waals surface area contributed by atoms with Gasteiger partial charge in [-0.1, -0.05) is 19.3 Å². The van der Waals surface area contributed by atoms with Crippen LogP contribution in [0, 0.1) is 5.92 Å². The highest BCUT2D eigenvalue weighted by Crippen LogP contribution is 2.28. The molecule has 2 rings (SSSR count). The zero-order valence-corrected chi connectivity index (χ0v) is 13.4. The fraction of sp³-hybridized carbons (Fsp3) is 0.875. The fourth-order valence-electron chi connectivity index (χ4n) is 3.39. The number of likely N-dealkylation sites (tertiary alicyclic amines) is 1. The lowest BCUT2D eigenvalue weighted by atomic mass is 9.83. The average Bonchev–Trinajstić information content (AvgIpc) is 3.06. The third-order valence-electron chi connectivity index (χ3n) is 4.93. The number of hydrogen-bond donors (Lipinski definition) is 2. The molecule has 0 spiro atoms. The van der Waals surface area contributed by atoms with Crippen molar-refractivity contribution in [1.82, 2.24) is 15.5 Å². The number of carbonyl (C=O) groups excluding carboxylic acids is 2. The number of likely N-dealkylation sites (N-methyl/N-ethyl adjacent to an activating group) is 1. The minimum absolute atomic E-state index is 0.0689.